The highest BCUT2D eigenvalue weighted by molar-refractivity contribution is 7.89. The van der Waals surface area contributed by atoms with Crippen LogP contribution in [0.25, 0.3) is 0 Å². The van der Waals surface area contributed by atoms with Crippen molar-refractivity contribution < 1.29 is 13.2 Å². The van der Waals surface area contributed by atoms with Gasteiger partial charge in [-0.15, -0.1) is 0 Å². The normalized spacial score (nSPS) is 17.8. The summed E-state index contributed by atoms with van der Waals surface area (Å²) in [6, 6.07) is 0. The van der Waals surface area contributed by atoms with Crippen molar-refractivity contribution in [3.05, 3.63) is 12.4 Å². The van der Waals surface area contributed by atoms with Crippen LogP contribution < -0.4 is 5.32 Å². The van der Waals surface area contributed by atoms with Gasteiger partial charge in [0.05, 0.1) is 12.4 Å². The van der Waals surface area contributed by atoms with Gasteiger partial charge >= 0.3 is 0 Å². The van der Waals surface area contributed by atoms with E-state index in [-0.39, 0.29) is 4.90 Å². The van der Waals surface area contributed by atoms with Crippen LogP contribution in [0.1, 0.15) is 19.8 Å². The Morgan fingerprint density at radius 3 is 2.48 bits per heavy atom. The van der Waals surface area contributed by atoms with Crippen LogP contribution in [0.5, 0.6) is 0 Å². The van der Waals surface area contributed by atoms with Gasteiger partial charge in [-0.05, 0) is 25.7 Å². The topological polar surface area (TPSA) is 84.4 Å². The van der Waals surface area contributed by atoms with Gasteiger partial charge in [0.1, 0.15) is 4.90 Å². The largest absolute Gasteiger partial charge is 0.384 e. The number of rotatable bonds is 6. The third kappa shape index (κ3) is 3.90. The van der Waals surface area contributed by atoms with E-state index in [0.29, 0.717) is 38.1 Å². The second kappa shape index (κ2) is 7.15. The number of ether oxygens (including phenoxy) is 1. The molecule has 2 heterocycles. The smallest absolute Gasteiger partial charge is 0.246 e. The summed E-state index contributed by atoms with van der Waals surface area (Å²) >= 11 is 0. The van der Waals surface area contributed by atoms with Crippen LogP contribution in [0, 0.1) is 5.92 Å². The molecule has 8 heteroatoms. The Morgan fingerprint density at radius 1 is 1.33 bits per heavy atom. The highest BCUT2D eigenvalue weighted by atomic mass is 32.2. The molecule has 1 aromatic rings. The quantitative estimate of drug-likeness (QED) is 0.842. The molecule has 7 nitrogen and oxygen atoms in total. The van der Waals surface area contributed by atoms with Gasteiger partial charge in [-0.3, -0.25) is 0 Å². The molecule has 1 saturated heterocycles. The lowest BCUT2D eigenvalue weighted by molar-refractivity contribution is 0.121. The molecule has 0 radical (unpaired) electrons. The second-order valence-electron chi connectivity index (χ2n) is 5.08. The van der Waals surface area contributed by atoms with Crippen LogP contribution in [0.4, 0.5) is 5.95 Å². The molecule has 0 saturated carbocycles. The number of hydrogen-bond donors (Lipinski definition) is 1. The van der Waals surface area contributed by atoms with Crippen LogP contribution in [-0.4, -0.2) is 56.0 Å². The van der Waals surface area contributed by atoms with Gasteiger partial charge in [-0.2, -0.15) is 4.31 Å². The summed E-state index contributed by atoms with van der Waals surface area (Å²) in [6.45, 7) is 4.35. The highest BCUT2D eigenvalue weighted by Gasteiger charge is 2.29. The van der Waals surface area contributed by atoms with Crippen molar-refractivity contribution in [3.63, 3.8) is 0 Å². The van der Waals surface area contributed by atoms with E-state index in [1.165, 1.54) is 16.7 Å². The Balaban J connectivity index is 2.04. The Hall–Kier alpha value is -1.25. The first-order valence-electron chi connectivity index (χ1n) is 7.13. The number of aromatic nitrogens is 2. The molecular weight excluding hydrogens is 292 g/mol. The van der Waals surface area contributed by atoms with Crippen molar-refractivity contribution in [2.45, 2.75) is 24.7 Å². The molecule has 0 amide bonds. The fourth-order valence-corrected chi connectivity index (χ4v) is 3.76. The van der Waals surface area contributed by atoms with Gasteiger partial charge in [0.25, 0.3) is 0 Å². The van der Waals surface area contributed by atoms with E-state index in [2.05, 4.69) is 15.3 Å². The minimum atomic E-state index is -3.49. The standard InChI is InChI=1S/C13H22N4O3S/c1-3-14-13-15-8-12(9-16-13)21(18,19)17-6-4-11(5-7-17)10-20-2/h8-9,11H,3-7,10H2,1-2H3,(H,14,15,16). The van der Waals surface area contributed by atoms with Crippen molar-refractivity contribution in [2.75, 3.05) is 38.7 Å². The summed E-state index contributed by atoms with van der Waals surface area (Å²) in [4.78, 5) is 8.20. The molecule has 1 aromatic heterocycles. The molecule has 0 bridgehead atoms. The summed E-state index contributed by atoms with van der Waals surface area (Å²) in [5.41, 5.74) is 0. The lowest BCUT2D eigenvalue weighted by Gasteiger charge is -2.30. The molecule has 1 aliphatic heterocycles. The van der Waals surface area contributed by atoms with Gasteiger partial charge in [0.15, 0.2) is 0 Å². The van der Waals surface area contributed by atoms with E-state index in [1.54, 1.807) is 7.11 Å². The molecule has 1 aliphatic rings. The van der Waals surface area contributed by atoms with Crippen molar-refractivity contribution in [1.29, 1.82) is 0 Å². The van der Waals surface area contributed by atoms with Gasteiger partial charge in [0.2, 0.25) is 16.0 Å². The van der Waals surface area contributed by atoms with Crippen LogP contribution in [0.2, 0.25) is 0 Å². The highest BCUT2D eigenvalue weighted by Crippen LogP contribution is 2.23. The number of piperidine rings is 1. The minimum absolute atomic E-state index is 0.148. The molecule has 0 aromatic carbocycles. The zero-order valence-corrected chi connectivity index (χ0v) is 13.3. The first-order valence-corrected chi connectivity index (χ1v) is 8.57. The van der Waals surface area contributed by atoms with Gasteiger partial charge in [0, 0.05) is 33.4 Å². The number of nitrogens with zero attached hydrogens (tertiary/aromatic N) is 3. The summed E-state index contributed by atoms with van der Waals surface area (Å²) in [5, 5.41) is 2.94. The van der Waals surface area contributed by atoms with Crippen molar-refractivity contribution in [3.8, 4) is 0 Å². The molecule has 0 spiro atoms. The third-order valence-electron chi connectivity index (χ3n) is 3.58. The van der Waals surface area contributed by atoms with Gasteiger partial charge in [-0.1, -0.05) is 0 Å². The van der Waals surface area contributed by atoms with Gasteiger partial charge < -0.3 is 10.1 Å². The maximum atomic E-state index is 12.5. The number of nitrogens with one attached hydrogen (secondary N) is 1. The lowest BCUT2D eigenvalue weighted by atomic mass is 9.99. The van der Waals surface area contributed by atoms with Crippen molar-refractivity contribution in [2.24, 2.45) is 5.92 Å². The lowest BCUT2D eigenvalue weighted by Crippen LogP contribution is -2.39. The maximum absolute atomic E-state index is 12.5. The monoisotopic (exact) mass is 314 g/mol. The number of anilines is 1. The summed E-state index contributed by atoms with van der Waals surface area (Å²) in [6.07, 6.45) is 4.37. The SMILES string of the molecule is CCNc1ncc(S(=O)(=O)N2CCC(COC)CC2)cn1. The fraction of sp³-hybridized carbons (Fsp3) is 0.692. The third-order valence-corrected chi connectivity index (χ3v) is 5.43. The Kier molecular flexibility index (Phi) is 5.49. The van der Waals surface area contributed by atoms with Crippen LogP contribution in [-0.2, 0) is 14.8 Å². The van der Waals surface area contributed by atoms with Crippen LogP contribution >= 0.6 is 0 Å². The van der Waals surface area contributed by atoms with E-state index >= 15 is 0 Å². The average Bonchev–Trinajstić information content (AvgIpc) is 2.49. The molecule has 0 unspecified atom stereocenters. The van der Waals surface area contributed by atoms with E-state index in [9.17, 15) is 8.42 Å². The molecule has 0 atom stereocenters. The Morgan fingerprint density at radius 2 is 1.95 bits per heavy atom. The molecule has 1 fully saturated rings. The van der Waals surface area contributed by atoms with E-state index in [0.717, 1.165) is 12.8 Å². The molecule has 118 valence electrons. The van der Waals surface area contributed by atoms with E-state index < -0.39 is 10.0 Å². The average molecular weight is 314 g/mol. The van der Waals surface area contributed by atoms with Crippen molar-refractivity contribution >= 4 is 16.0 Å². The number of methoxy groups -OCH3 is 1. The predicted molar refractivity (Wildman–Crippen MR) is 79.6 cm³/mol. The summed E-state index contributed by atoms with van der Waals surface area (Å²) in [5.74, 6) is 0.879. The Bertz CT molecular complexity index is 539. The minimum Gasteiger partial charge on any atom is -0.384 e. The van der Waals surface area contributed by atoms with Crippen LogP contribution in [0.15, 0.2) is 17.3 Å². The number of sulfonamides is 1. The second-order valence-corrected chi connectivity index (χ2v) is 7.01. The molecule has 2 rings (SSSR count). The fourth-order valence-electron chi connectivity index (χ4n) is 2.40. The Labute approximate surface area is 125 Å². The van der Waals surface area contributed by atoms with E-state index in [1.807, 2.05) is 6.92 Å². The van der Waals surface area contributed by atoms with E-state index in [4.69, 9.17) is 4.74 Å². The zero-order valence-electron chi connectivity index (χ0n) is 12.4. The summed E-state index contributed by atoms with van der Waals surface area (Å²) in [7, 11) is -1.82. The maximum Gasteiger partial charge on any atom is 0.246 e. The first-order chi connectivity index (χ1) is 10.1. The number of hydrogen-bond acceptors (Lipinski definition) is 6. The zero-order chi connectivity index (χ0) is 15.3. The van der Waals surface area contributed by atoms with Crippen molar-refractivity contribution in [1.82, 2.24) is 14.3 Å². The van der Waals surface area contributed by atoms with Gasteiger partial charge in [-0.25, -0.2) is 18.4 Å². The first kappa shape index (κ1) is 16.1. The summed E-state index contributed by atoms with van der Waals surface area (Å²) < 4.78 is 31.7. The molecule has 0 aliphatic carbocycles. The molecular formula is C13H22N4O3S. The predicted octanol–water partition coefficient (Wildman–Crippen LogP) is 0.955. The molecule has 21 heavy (non-hydrogen) atoms. The van der Waals surface area contributed by atoms with Crippen LogP contribution in [0.3, 0.4) is 0 Å². The molecule has 1 N–H and O–H groups in total.